The summed E-state index contributed by atoms with van der Waals surface area (Å²) < 4.78 is 33.5. The lowest BCUT2D eigenvalue weighted by molar-refractivity contribution is 0.415. The maximum Gasteiger partial charge on any atom is 0.265 e. The van der Waals surface area contributed by atoms with Crippen LogP contribution in [0.5, 0.6) is 5.75 Å². The number of nitrogens with zero attached hydrogens (tertiary/aromatic N) is 2. The molecule has 7 heteroatoms. The highest BCUT2D eigenvalue weighted by Crippen LogP contribution is 2.41. The van der Waals surface area contributed by atoms with Crippen LogP contribution in [-0.2, 0) is 10.0 Å². The van der Waals surface area contributed by atoms with Crippen LogP contribution in [-0.4, -0.2) is 31.5 Å². The van der Waals surface area contributed by atoms with Crippen LogP contribution in [0.25, 0.3) is 0 Å². The Labute approximate surface area is 181 Å². The number of amidine groups is 1. The van der Waals surface area contributed by atoms with E-state index >= 15 is 0 Å². The van der Waals surface area contributed by atoms with Crippen LogP contribution in [0.15, 0.2) is 88.8 Å². The first kappa shape index (κ1) is 20.5. The third kappa shape index (κ3) is 4.22. The monoisotopic (exact) mass is 438 g/mol. The van der Waals surface area contributed by atoms with Crippen molar-refractivity contribution < 1.29 is 13.2 Å². The van der Waals surface area contributed by atoms with Gasteiger partial charge in [0.15, 0.2) is 5.17 Å². The molecular formula is C23H22N2O3S2. The molecule has 0 spiro atoms. The van der Waals surface area contributed by atoms with Gasteiger partial charge in [-0.15, -0.1) is 0 Å². The predicted octanol–water partition coefficient (Wildman–Crippen LogP) is 5.17. The van der Waals surface area contributed by atoms with Gasteiger partial charge < -0.3 is 4.74 Å². The largest absolute Gasteiger partial charge is 0.497 e. The summed E-state index contributed by atoms with van der Waals surface area (Å²) >= 11 is 1.47. The molecule has 3 aromatic carbocycles. The number of ether oxygens (including phenoxy) is 1. The minimum absolute atomic E-state index is 0.0246. The first-order chi connectivity index (χ1) is 14.5. The highest BCUT2D eigenvalue weighted by Gasteiger charge is 2.38. The van der Waals surface area contributed by atoms with Gasteiger partial charge in [-0.25, -0.2) is 17.7 Å². The molecule has 1 aliphatic heterocycles. The number of rotatable bonds is 5. The lowest BCUT2D eigenvalue weighted by Crippen LogP contribution is -2.32. The summed E-state index contributed by atoms with van der Waals surface area (Å²) in [5, 5.41) is 0.443. The van der Waals surface area contributed by atoms with Crippen molar-refractivity contribution in [2.75, 3.05) is 13.7 Å². The first-order valence-electron chi connectivity index (χ1n) is 9.51. The molecule has 3 aromatic rings. The van der Waals surface area contributed by atoms with Gasteiger partial charge in [-0.05, 0) is 48.9 Å². The van der Waals surface area contributed by atoms with Crippen molar-refractivity contribution >= 4 is 32.6 Å². The SMILES string of the molecule is COc1ccc(N=C2S[C@H](c3ccccc3)CN2S(=O)(=O)c2ccc(C)cc2)cc1. The summed E-state index contributed by atoms with van der Waals surface area (Å²) in [7, 11) is -2.12. The topological polar surface area (TPSA) is 59.0 Å². The minimum Gasteiger partial charge on any atom is -0.497 e. The van der Waals surface area contributed by atoms with Crippen molar-refractivity contribution in [2.24, 2.45) is 4.99 Å². The molecule has 4 rings (SSSR count). The Kier molecular flexibility index (Phi) is 5.83. The lowest BCUT2D eigenvalue weighted by Gasteiger charge is -2.19. The van der Waals surface area contributed by atoms with E-state index in [4.69, 9.17) is 4.74 Å². The molecule has 1 fully saturated rings. The molecule has 0 bridgehead atoms. The van der Waals surface area contributed by atoms with Gasteiger partial charge in [-0.3, -0.25) is 0 Å². The van der Waals surface area contributed by atoms with Gasteiger partial charge in [0.05, 0.1) is 29.5 Å². The van der Waals surface area contributed by atoms with Gasteiger partial charge in [-0.1, -0.05) is 59.8 Å². The van der Waals surface area contributed by atoms with E-state index in [-0.39, 0.29) is 10.1 Å². The van der Waals surface area contributed by atoms with Crippen LogP contribution >= 0.6 is 11.8 Å². The molecule has 0 amide bonds. The van der Waals surface area contributed by atoms with Crippen LogP contribution in [0.2, 0.25) is 0 Å². The van der Waals surface area contributed by atoms with Gasteiger partial charge in [0.2, 0.25) is 0 Å². The van der Waals surface area contributed by atoms with E-state index in [0.717, 1.165) is 16.9 Å². The number of hydrogen-bond donors (Lipinski definition) is 0. The molecule has 1 heterocycles. The molecular weight excluding hydrogens is 416 g/mol. The van der Waals surface area contributed by atoms with E-state index in [1.54, 1.807) is 19.2 Å². The summed E-state index contributed by atoms with van der Waals surface area (Å²) in [6, 6.07) is 24.1. The zero-order chi connectivity index (χ0) is 21.1. The molecule has 1 saturated heterocycles. The van der Waals surface area contributed by atoms with Crippen molar-refractivity contribution in [3.8, 4) is 5.75 Å². The van der Waals surface area contributed by atoms with Gasteiger partial charge in [-0.2, -0.15) is 0 Å². The quantitative estimate of drug-likeness (QED) is 0.551. The van der Waals surface area contributed by atoms with Crippen molar-refractivity contribution in [2.45, 2.75) is 17.1 Å². The van der Waals surface area contributed by atoms with Crippen LogP contribution in [0, 0.1) is 6.92 Å². The van der Waals surface area contributed by atoms with Gasteiger partial charge in [0.25, 0.3) is 10.0 Å². The first-order valence-corrected chi connectivity index (χ1v) is 11.8. The van der Waals surface area contributed by atoms with Crippen molar-refractivity contribution in [3.63, 3.8) is 0 Å². The molecule has 1 aliphatic rings. The maximum atomic E-state index is 13.4. The maximum absolute atomic E-state index is 13.4. The van der Waals surface area contributed by atoms with E-state index < -0.39 is 10.0 Å². The highest BCUT2D eigenvalue weighted by molar-refractivity contribution is 8.15. The zero-order valence-corrected chi connectivity index (χ0v) is 18.4. The average Bonchev–Trinajstić information content (AvgIpc) is 3.20. The number of methoxy groups -OCH3 is 1. The number of aryl methyl sites for hydroxylation is 1. The Morgan fingerprint density at radius 1 is 0.967 bits per heavy atom. The molecule has 0 unspecified atom stereocenters. The normalized spacial score (nSPS) is 18.0. The average molecular weight is 439 g/mol. The fraction of sp³-hybridized carbons (Fsp3) is 0.174. The Morgan fingerprint density at radius 3 is 2.27 bits per heavy atom. The number of aliphatic imine (C=N–C) groups is 1. The standard InChI is InChI=1S/C23H22N2O3S2/c1-17-8-14-21(15-9-17)30(26,27)25-16-22(18-6-4-3-5-7-18)29-23(25)24-19-10-12-20(28-2)13-11-19/h3-15,22H,16H2,1-2H3/t22-/m0/s1. The minimum atomic E-state index is -3.72. The second kappa shape index (κ2) is 8.53. The van der Waals surface area contributed by atoms with E-state index in [0.29, 0.717) is 17.4 Å². The van der Waals surface area contributed by atoms with Crippen LogP contribution in [0.3, 0.4) is 0 Å². The predicted molar refractivity (Wildman–Crippen MR) is 122 cm³/mol. The third-order valence-corrected chi connectivity index (χ3v) is 7.98. The fourth-order valence-corrected chi connectivity index (χ4v) is 6.15. The second-order valence-electron chi connectivity index (χ2n) is 6.96. The number of sulfonamides is 1. The van der Waals surface area contributed by atoms with E-state index in [1.807, 2.05) is 73.7 Å². The lowest BCUT2D eigenvalue weighted by atomic mass is 10.1. The fourth-order valence-electron chi connectivity index (χ4n) is 3.18. The third-order valence-electron chi connectivity index (χ3n) is 4.87. The Bertz CT molecular complexity index is 1140. The van der Waals surface area contributed by atoms with Crippen molar-refractivity contribution in [3.05, 3.63) is 90.0 Å². The summed E-state index contributed by atoms with van der Waals surface area (Å²) in [5.74, 6) is 0.726. The van der Waals surface area contributed by atoms with Crippen LogP contribution in [0.1, 0.15) is 16.4 Å². The van der Waals surface area contributed by atoms with Gasteiger partial charge in [0, 0.05) is 0 Å². The van der Waals surface area contributed by atoms with Gasteiger partial charge >= 0.3 is 0 Å². The molecule has 154 valence electrons. The molecule has 0 aromatic heterocycles. The number of thioether (sulfide) groups is 1. The smallest absolute Gasteiger partial charge is 0.265 e. The molecule has 0 aliphatic carbocycles. The summed E-state index contributed by atoms with van der Waals surface area (Å²) in [4.78, 5) is 4.94. The molecule has 30 heavy (non-hydrogen) atoms. The second-order valence-corrected chi connectivity index (χ2v) is 9.99. The van der Waals surface area contributed by atoms with Crippen molar-refractivity contribution in [1.29, 1.82) is 0 Å². The molecule has 5 nitrogen and oxygen atoms in total. The highest BCUT2D eigenvalue weighted by atomic mass is 32.2. The summed E-state index contributed by atoms with van der Waals surface area (Å²) in [6.07, 6.45) is 0. The number of benzene rings is 3. The number of hydrogen-bond acceptors (Lipinski definition) is 5. The van der Waals surface area contributed by atoms with E-state index in [1.165, 1.54) is 16.1 Å². The molecule has 0 saturated carbocycles. The zero-order valence-electron chi connectivity index (χ0n) is 16.7. The van der Waals surface area contributed by atoms with E-state index in [2.05, 4.69) is 4.99 Å². The van der Waals surface area contributed by atoms with E-state index in [9.17, 15) is 8.42 Å². The molecule has 1 atom stereocenters. The summed E-state index contributed by atoms with van der Waals surface area (Å²) in [6.45, 7) is 2.27. The molecule has 0 N–H and O–H groups in total. The van der Waals surface area contributed by atoms with Gasteiger partial charge in [0.1, 0.15) is 5.75 Å². The Hall–Kier alpha value is -2.77. The molecule has 0 radical (unpaired) electrons. The summed E-state index contributed by atoms with van der Waals surface area (Å²) in [5.41, 5.74) is 2.77. The van der Waals surface area contributed by atoms with Crippen LogP contribution in [0.4, 0.5) is 5.69 Å². The Balaban J connectivity index is 1.73. The Morgan fingerprint density at radius 2 is 1.63 bits per heavy atom. The van der Waals surface area contributed by atoms with Crippen LogP contribution < -0.4 is 4.74 Å². The van der Waals surface area contributed by atoms with Crippen molar-refractivity contribution in [1.82, 2.24) is 4.31 Å².